The Kier molecular flexibility index (Phi) is 8.02. The highest BCUT2D eigenvalue weighted by Crippen LogP contribution is 2.26. The predicted molar refractivity (Wildman–Crippen MR) is 141 cm³/mol. The first-order valence-corrected chi connectivity index (χ1v) is 11.5. The van der Waals surface area contributed by atoms with Crippen molar-refractivity contribution in [3.63, 3.8) is 0 Å². The summed E-state index contributed by atoms with van der Waals surface area (Å²) in [5, 5.41) is 5.74. The van der Waals surface area contributed by atoms with Gasteiger partial charge in [0.05, 0.1) is 26.4 Å². The summed E-state index contributed by atoms with van der Waals surface area (Å²) in [4.78, 5) is 11.8. The zero-order valence-corrected chi connectivity index (χ0v) is 20.0. The van der Waals surface area contributed by atoms with Crippen LogP contribution in [0.5, 0.6) is 11.5 Å². The first kappa shape index (κ1) is 23.9. The molecule has 0 amide bonds. The zero-order valence-electron chi connectivity index (χ0n) is 20.0. The maximum absolute atomic E-state index is 11.8. The van der Waals surface area contributed by atoms with Crippen LogP contribution < -0.4 is 14.8 Å². The highest BCUT2D eigenvalue weighted by molar-refractivity contribution is 5.89. The number of ether oxygens (including phenoxy) is 3. The average molecular weight is 468 g/mol. The number of nitrogens with one attached hydrogen (secondary N) is 1. The lowest BCUT2D eigenvalue weighted by Crippen LogP contribution is -2.09. The second-order valence-electron chi connectivity index (χ2n) is 8.08. The number of fused-ring (bicyclic) bond motifs is 1. The van der Waals surface area contributed by atoms with Crippen molar-refractivity contribution in [1.29, 1.82) is 0 Å². The molecule has 0 atom stereocenters. The smallest absolute Gasteiger partial charge is 0.337 e. The largest absolute Gasteiger partial charge is 0.497 e. The molecule has 0 heterocycles. The molecule has 0 aromatic heterocycles. The Morgan fingerprint density at radius 1 is 0.886 bits per heavy atom. The van der Waals surface area contributed by atoms with Crippen LogP contribution in [0.4, 0.5) is 5.69 Å². The van der Waals surface area contributed by atoms with Gasteiger partial charge in [0.1, 0.15) is 11.5 Å². The van der Waals surface area contributed by atoms with E-state index in [4.69, 9.17) is 14.2 Å². The number of carbonyl (C=O) groups excluding carboxylic acids is 1. The Morgan fingerprint density at radius 3 is 2.46 bits per heavy atom. The van der Waals surface area contributed by atoms with Crippen molar-refractivity contribution >= 4 is 28.5 Å². The van der Waals surface area contributed by atoms with Crippen LogP contribution in [-0.4, -0.2) is 33.3 Å². The van der Waals surface area contributed by atoms with Gasteiger partial charge in [-0.3, -0.25) is 0 Å². The molecular formula is C30H29NO4. The molecule has 178 valence electrons. The second kappa shape index (κ2) is 11.7. The Hall–Kier alpha value is -4.25. The summed E-state index contributed by atoms with van der Waals surface area (Å²) in [7, 11) is 3.04. The highest BCUT2D eigenvalue weighted by atomic mass is 16.5. The molecule has 0 fully saturated rings. The number of methoxy groups -OCH3 is 2. The van der Waals surface area contributed by atoms with Gasteiger partial charge in [-0.25, -0.2) is 4.79 Å². The Labute approximate surface area is 206 Å². The molecule has 0 spiro atoms. The van der Waals surface area contributed by atoms with Crippen molar-refractivity contribution in [3.8, 4) is 11.5 Å². The maximum Gasteiger partial charge on any atom is 0.337 e. The van der Waals surface area contributed by atoms with Gasteiger partial charge in [-0.1, -0.05) is 60.7 Å². The molecule has 0 unspecified atom stereocenters. The van der Waals surface area contributed by atoms with Crippen LogP contribution in [0.2, 0.25) is 0 Å². The summed E-state index contributed by atoms with van der Waals surface area (Å²) >= 11 is 0. The number of rotatable bonds is 10. The number of benzene rings is 4. The number of carbonyl (C=O) groups is 1. The van der Waals surface area contributed by atoms with Crippen LogP contribution in [0.25, 0.3) is 16.8 Å². The van der Waals surface area contributed by atoms with Crippen molar-refractivity contribution in [2.75, 3.05) is 32.7 Å². The van der Waals surface area contributed by atoms with Crippen molar-refractivity contribution in [1.82, 2.24) is 0 Å². The van der Waals surface area contributed by atoms with E-state index < -0.39 is 0 Å². The molecule has 4 aromatic rings. The number of hydrogen-bond donors (Lipinski definition) is 1. The number of anilines is 1. The van der Waals surface area contributed by atoms with Gasteiger partial charge in [0, 0.05) is 30.1 Å². The van der Waals surface area contributed by atoms with Crippen molar-refractivity contribution in [3.05, 3.63) is 108 Å². The van der Waals surface area contributed by atoms with Crippen LogP contribution >= 0.6 is 0 Å². The number of hydrogen-bond acceptors (Lipinski definition) is 5. The fourth-order valence-electron chi connectivity index (χ4n) is 3.84. The topological polar surface area (TPSA) is 56.8 Å². The van der Waals surface area contributed by atoms with Gasteiger partial charge in [0.25, 0.3) is 0 Å². The van der Waals surface area contributed by atoms with Crippen LogP contribution in [0.3, 0.4) is 0 Å². The Bertz CT molecular complexity index is 1310. The highest BCUT2D eigenvalue weighted by Gasteiger charge is 2.07. The third-order valence-corrected chi connectivity index (χ3v) is 5.72. The van der Waals surface area contributed by atoms with Crippen LogP contribution in [0.15, 0.2) is 96.6 Å². The van der Waals surface area contributed by atoms with E-state index in [1.165, 1.54) is 12.7 Å². The Balaban J connectivity index is 1.49. The lowest BCUT2D eigenvalue weighted by molar-refractivity contribution is 0.0600. The first-order chi connectivity index (χ1) is 17.2. The number of esters is 1. The minimum absolute atomic E-state index is 0.344. The normalized spacial score (nSPS) is 11.2. The fourth-order valence-corrected chi connectivity index (χ4v) is 3.84. The van der Waals surface area contributed by atoms with Gasteiger partial charge in [-0.05, 0) is 46.9 Å². The van der Waals surface area contributed by atoms with E-state index in [0.29, 0.717) is 18.7 Å². The van der Waals surface area contributed by atoms with Crippen LogP contribution in [0.1, 0.15) is 22.3 Å². The monoisotopic (exact) mass is 467 g/mol. The third-order valence-electron chi connectivity index (χ3n) is 5.72. The summed E-state index contributed by atoms with van der Waals surface area (Å²) in [6.45, 7) is 1.19. The molecule has 0 saturated heterocycles. The maximum atomic E-state index is 11.8. The van der Waals surface area contributed by atoms with Gasteiger partial charge in [0.15, 0.2) is 0 Å². The van der Waals surface area contributed by atoms with E-state index >= 15 is 0 Å². The Morgan fingerprint density at radius 2 is 1.66 bits per heavy atom. The fraction of sp³-hybridized carbons (Fsp3) is 0.167. The molecule has 4 aromatic carbocycles. The predicted octanol–water partition coefficient (Wildman–Crippen LogP) is 6.60. The molecule has 1 N–H and O–H groups in total. The van der Waals surface area contributed by atoms with Gasteiger partial charge in [0.2, 0.25) is 0 Å². The third kappa shape index (κ3) is 6.42. The lowest BCUT2D eigenvalue weighted by atomic mass is 10.1. The molecule has 0 saturated carbocycles. The summed E-state index contributed by atoms with van der Waals surface area (Å²) < 4.78 is 16.3. The quantitative estimate of drug-likeness (QED) is 0.266. The van der Waals surface area contributed by atoms with Crippen molar-refractivity contribution in [2.24, 2.45) is 0 Å². The van der Waals surface area contributed by atoms with Gasteiger partial charge in [-0.15, -0.1) is 0 Å². The molecule has 5 nitrogen and oxygen atoms in total. The summed E-state index contributed by atoms with van der Waals surface area (Å²) in [6.07, 6.45) is 2.86. The van der Waals surface area contributed by atoms with Gasteiger partial charge >= 0.3 is 5.97 Å². The van der Waals surface area contributed by atoms with E-state index in [2.05, 4.69) is 29.6 Å². The summed E-state index contributed by atoms with van der Waals surface area (Å²) in [5.74, 6) is 1.34. The zero-order chi connectivity index (χ0) is 24.5. The summed E-state index contributed by atoms with van der Waals surface area (Å²) in [5.41, 5.74) is 3.68. The molecule has 0 radical (unpaired) electrons. The van der Waals surface area contributed by atoms with Crippen LogP contribution in [0, 0.1) is 0 Å². The van der Waals surface area contributed by atoms with E-state index in [1.54, 1.807) is 19.2 Å². The van der Waals surface area contributed by atoms with E-state index in [9.17, 15) is 4.79 Å². The van der Waals surface area contributed by atoms with Crippen molar-refractivity contribution in [2.45, 2.75) is 6.42 Å². The first-order valence-electron chi connectivity index (χ1n) is 11.5. The van der Waals surface area contributed by atoms with Crippen molar-refractivity contribution < 1.29 is 19.0 Å². The summed E-state index contributed by atoms with van der Waals surface area (Å²) in [6, 6.07) is 29.6. The van der Waals surface area contributed by atoms with E-state index in [-0.39, 0.29) is 5.97 Å². The molecule has 0 aliphatic heterocycles. The second-order valence-corrected chi connectivity index (χ2v) is 8.08. The average Bonchev–Trinajstić information content (AvgIpc) is 2.91. The molecule has 0 aliphatic carbocycles. The molecule has 0 bridgehead atoms. The van der Waals surface area contributed by atoms with E-state index in [0.717, 1.165) is 39.9 Å². The molecular weight excluding hydrogens is 438 g/mol. The van der Waals surface area contributed by atoms with Gasteiger partial charge in [-0.2, -0.15) is 0 Å². The lowest BCUT2D eigenvalue weighted by Gasteiger charge is -2.14. The standard InChI is InChI=1S/C30H29NO4/c1-33-27-10-6-9-26(20-27)31-21-23(19-22-13-15-25(16-14-22)30(32)34-2)17-18-35-29-12-5-8-24-7-3-4-11-28(24)29/h3-16,19-20,31H,17-18,21H2,1-2H3. The molecule has 5 heteroatoms. The minimum atomic E-state index is -0.344. The van der Waals surface area contributed by atoms with E-state index in [1.807, 2.05) is 60.7 Å². The molecule has 4 rings (SSSR count). The molecule has 35 heavy (non-hydrogen) atoms. The van der Waals surface area contributed by atoms with Gasteiger partial charge < -0.3 is 19.5 Å². The SMILES string of the molecule is COC(=O)c1ccc(C=C(CCOc2cccc3ccccc23)CNc2cccc(OC)c2)cc1. The minimum Gasteiger partial charge on any atom is -0.497 e. The van der Waals surface area contributed by atoms with Crippen LogP contribution in [-0.2, 0) is 4.74 Å². The molecule has 0 aliphatic rings.